The number of amides is 1. The van der Waals surface area contributed by atoms with Crippen LogP contribution in [0.5, 0.6) is 5.75 Å². The van der Waals surface area contributed by atoms with Gasteiger partial charge in [0.05, 0.1) is 7.11 Å². The van der Waals surface area contributed by atoms with E-state index in [1.807, 2.05) is 24.3 Å². The highest BCUT2D eigenvalue weighted by atomic mass is 19.1. The van der Waals surface area contributed by atoms with Crippen LogP contribution in [-0.2, 0) is 35.4 Å². The molecule has 0 fully saturated rings. The second-order valence-electron chi connectivity index (χ2n) is 7.93. The van der Waals surface area contributed by atoms with Crippen molar-refractivity contribution in [2.45, 2.75) is 44.7 Å². The summed E-state index contributed by atoms with van der Waals surface area (Å²) in [6.45, 7) is -0.158. The van der Waals surface area contributed by atoms with Crippen molar-refractivity contribution < 1.29 is 23.8 Å². The highest BCUT2D eigenvalue weighted by Crippen LogP contribution is 2.33. The van der Waals surface area contributed by atoms with Gasteiger partial charge in [0.25, 0.3) is 0 Å². The zero-order chi connectivity index (χ0) is 22.0. The summed E-state index contributed by atoms with van der Waals surface area (Å²) in [5, 5.41) is 13.1. The van der Waals surface area contributed by atoms with Gasteiger partial charge in [0.2, 0.25) is 5.91 Å². The number of hydrogen-bond acceptors (Lipinski definition) is 3. The van der Waals surface area contributed by atoms with Gasteiger partial charge in [0.1, 0.15) is 18.1 Å². The summed E-state index contributed by atoms with van der Waals surface area (Å²) in [6, 6.07) is 12.0. The van der Waals surface area contributed by atoms with E-state index in [1.165, 1.54) is 12.1 Å². The molecular weight excluding hydrogens is 399 g/mol. The van der Waals surface area contributed by atoms with E-state index in [9.17, 15) is 19.1 Å². The molecule has 1 amide bonds. The lowest BCUT2D eigenvalue weighted by molar-refractivity contribution is -0.137. The summed E-state index contributed by atoms with van der Waals surface area (Å²) in [5.74, 6) is -0.552. The Labute approximate surface area is 179 Å². The van der Waals surface area contributed by atoms with Crippen LogP contribution < -0.4 is 10.1 Å². The number of fused-ring (bicyclic) bond motifs is 3. The molecule has 0 saturated carbocycles. The van der Waals surface area contributed by atoms with E-state index in [0.29, 0.717) is 25.7 Å². The maximum absolute atomic E-state index is 13.9. The number of halogens is 1. The first-order valence-electron chi connectivity index (χ1n) is 10.4. The normalized spacial score (nSPS) is 15.5. The van der Waals surface area contributed by atoms with Crippen LogP contribution in [0.25, 0.3) is 10.9 Å². The second-order valence-corrected chi connectivity index (χ2v) is 7.93. The van der Waals surface area contributed by atoms with Gasteiger partial charge in [0, 0.05) is 29.1 Å². The minimum atomic E-state index is -0.933. The third kappa shape index (κ3) is 4.55. The number of nitrogens with one attached hydrogen (secondary N) is 1. The largest absolute Gasteiger partial charge is 0.497 e. The van der Waals surface area contributed by atoms with Gasteiger partial charge >= 0.3 is 5.97 Å². The Morgan fingerprint density at radius 2 is 2.10 bits per heavy atom. The zero-order valence-corrected chi connectivity index (χ0v) is 17.4. The van der Waals surface area contributed by atoms with Gasteiger partial charge in [-0.25, -0.2) is 4.39 Å². The molecule has 4 rings (SSSR count). The first kappa shape index (κ1) is 20.9. The molecule has 6 nitrogen and oxygen atoms in total. The molecular formula is C24H25FN2O4. The number of methoxy groups -OCH3 is 1. The molecule has 0 radical (unpaired) electrons. The van der Waals surface area contributed by atoms with E-state index in [-0.39, 0.29) is 24.3 Å². The topological polar surface area (TPSA) is 80.6 Å². The molecule has 1 unspecified atom stereocenters. The number of aryl methyl sites for hydroxylation is 1. The maximum atomic E-state index is 13.9. The highest BCUT2D eigenvalue weighted by Gasteiger charge is 2.27. The molecule has 0 saturated heterocycles. The quantitative estimate of drug-likeness (QED) is 0.609. The van der Waals surface area contributed by atoms with Gasteiger partial charge in [-0.2, -0.15) is 0 Å². The van der Waals surface area contributed by atoms with Gasteiger partial charge in [-0.3, -0.25) is 9.59 Å². The van der Waals surface area contributed by atoms with Crippen LogP contribution in [0.4, 0.5) is 4.39 Å². The molecule has 0 bridgehead atoms. The van der Waals surface area contributed by atoms with Crippen LogP contribution in [0, 0.1) is 5.82 Å². The number of ether oxygens (including phenoxy) is 1. The first-order valence-corrected chi connectivity index (χ1v) is 10.4. The minimum Gasteiger partial charge on any atom is -0.497 e. The average Bonchev–Trinajstić information content (AvgIpc) is 3.04. The number of nitrogens with zero attached hydrogens (tertiary/aromatic N) is 1. The number of carbonyl (C=O) groups is 2. The number of hydrogen-bond donors (Lipinski definition) is 2. The third-order valence-corrected chi connectivity index (χ3v) is 5.86. The Morgan fingerprint density at radius 3 is 2.87 bits per heavy atom. The summed E-state index contributed by atoms with van der Waals surface area (Å²) in [5.41, 5.74) is 3.61. The van der Waals surface area contributed by atoms with Crippen LogP contribution in [0.1, 0.15) is 29.7 Å². The van der Waals surface area contributed by atoms with Gasteiger partial charge < -0.3 is 19.7 Å². The van der Waals surface area contributed by atoms with Crippen LogP contribution in [0.15, 0.2) is 42.5 Å². The van der Waals surface area contributed by atoms with Crippen LogP contribution in [-0.4, -0.2) is 34.7 Å². The summed E-state index contributed by atoms with van der Waals surface area (Å²) in [6.07, 6.45) is 2.90. The van der Waals surface area contributed by atoms with Crippen molar-refractivity contribution >= 4 is 22.8 Å². The minimum absolute atomic E-state index is 0.0308. The fraction of sp³-hybridized carbons (Fsp3) is 0.333. The van der Waals surface area contributed by atoms with E-state index in [2.05, 4.69) is 5.32 Å². The van der Waals surface area contributed by atoms with Gasteiger partial charge in [-0.05, 0) is 67.1 Å². The van der Waals surface area contributed by atoms with Crippen molar-refractivity contribution in [1.29, 1.82) is 0 Å². The number of benzene rings is 2. The number of carboxylic acid groups (broad SMARTS) is 1. The summed E-state index contributed by atoms with van der Waals surface area (Å²) < 4.78 is 20.9. The Kier molecular flexibility index (Phi) is 5.93. The third-order valence-electron chi connectivity index (χ3n) is 5.86. The predicted octanol–water partition coefficient (Wildman–Crippen LogP) is 3.48. The zero-order valence-electron chi connectivity index (χ0n) is 17.4. The standard InChI is InChI=1S/C24H25FN2O4/c1-31-18-4-2-3-15(11-18)5-10-23(28)26-17-7-9-22-20(13-17)19-12-16(25)6-8-21(19)27(22)14-24(29)30/h2-4,6,8,11-12,17H,5,7,9-10,13-14H2,1H3,(H,26,28)(H,29,30). The number of aromatic nitrogens is 1. The average molecular weight is 424 g/mol. The Balaban J connectivity index is 1.47. The van der Waals surface area contributed by atoms with Crippen molar-refractivity contribution in [2.24, 2.45) is 0 Å². The molecule has 0 spiro atoms. The lowest BCUT2D eigenvalue weighted by atomic mass is 9.91. The van der Waals surface area contributed by atoms with Crippen molar-refractivity contribution in [3.8, 4) is 5.75 Å². The summed E-state index contributed by atoms with van der Waals surface area (Å²) in [7, 11) is 1.61. The molecule has 2 aromatic carbocycles. The molecule has 3 aromatic rings. The fourth-order valence-corrected chi connectivity index (χ4v) is 4.45. The van der Waals surface area contributed by atoms with E-state index in [0.717, 1.165) is 39.9 Å². The van der Waals surface area contributed by atoms with Gasteiger partial charge in [0.15, 0.2) is 0 Å². The molecule has 1 aliphatic carbocycles. The Bertz CT molecular complexity index is 1140. The van der Waals surface area contributed by atoms with E-state index in [4.69, 9.17) is 4.74 Å². The highest BCUT2D eigenvalue weighted by molar-refractivity contribution is 5.87. The monoisotopic (exact) mass is 424 g/mol. The van der Waals surface area contributed by atoms with Gasteiger partial charge in [-0.1, -0.05) is 12.1 Å². The first-order chi connectivity index (χ1) is 14.9. The van der Waals surface area contributed by atoms with Crippen LogP contribution in [0.3, 0.4) is 0 Å². The number of carboxylic acids is 1. The van der Waals surface area contributed by atoms with Crippen LogP contribution in [0.2, 0.25) is 0 Å². The molecule has 1 heterocycles. The van der Waals surface area contributed by atoms with E-state index >= 15 is 0 Å². The van der Waals surface area contributed by atoms with Crippen molar-refractivity contribution in [3.05, 3.63) is 65.1 Å². The van der Waals surface area contributed by atoms with Crippen molar-refractivity contribution in [3.63, 3.8) is 0 Å². The molecule has 1 aromatic heterocycles. The second kappa shape index (κ2) is 8.79. The molecule has 0 aliphatic heterocycles. The molecule has 162 valence electrons. The number of rotatable bonds is 7. The summed E-state index contributed by atoms with van der Waals surface area (Å²) >= 11 is 0. The van der Waals surface area contributed by atoms with Crippen molar-refractivity contribution in [1.82, 2.24) is 9.88 Å². The molecule has 1 atom stereocenters. The molecule has 1 aliphatic rings. The molecule has 7 heteroatoms. The Morgan fingerprint density at radius 1 is 1.26 bits per heavy atom. The van der Waals surface area contributed by atoms with Gasteiger partial charge in [-0.15, -0.1) is 0 Å². The molecule has 31 heavy (non-hydrogen) atoms. The van der Waals surface area contributed by atoms with E-state index < -0.39 is 5.97 Å². The SMILES string of the molecule is COc1cccc(CCC(=O)NC2CCc3c(c4cc(F)ccc4n3CC(=O)O)C2)c1. The number of carbonyl (C=O) groups excluding carboxylic acids is 1. The molecule has 2 N–H and O–H groups in total. The Hall–Kier alpha value is -3.35. The fourth-order valence-electron chi connectivity index (χ4n) is 4.45. The lowest BCUT2D eigenvalue weighted by Gasteiger charge is -2.25. The predicted molar refractivity (Wildman–Crippen MR) is 115 cm³/mol. The van der Waals surface area contributed by atoms with E-state index in [1.54, 1.807) is 17.7 Å². The smallest absolute Gasteiger partial charge is 0.323 e. The van der Waals surface area contributed by atoms with Crippen molar-refractivity contribution in [2.75, 3.05) is 7.11 Å². The summed E-state index contributed by atoms with van der Waals surface area (Å²) in [4.78, 5) is 23.9. The maximum Gasteiger partial charge on any atom is 0.323 e. The lowest BCUT2D eigenvalue weighted by Crippen LogP contribution is -2.39. The van der Waals surface area contributed by atoms with Crippen LogP contribution >= 0.6 is 0 Å². The number of aliphatic carboxylic acids is 1.